The molecule has 1 amide bonds. The fourth-order valence-electron chi connectivity index (χ4n) is 2.62. The normalized spacial score (nSPS) is 16.1. The van der Waals surface area contributed by atoms with Gasteiger partial charge in [-0.25, -0.2) is 0 Å². The van der Waals surface area contributed by atoms with Crippen molar-refractivity contribution < 1.29 is 14.3 Å². The average molecular weight is 291 g/mol. The number of amides is 1. The van der Waals surface area contributed by atoms with Gasteiger partial charge in [0.2, 0.25) is 5.91 Å². The summed E-state index contributed by atoms with van der Waals surface area (Å²) >= 11 is 0. The van der Waals surface area contributed by atoms with E-state index in [2.05, 4.69) is 12.1 Å². The van der Waals surface area contributed by atoms with Crippen LogP contribution in [0, 0.1) is 0 Å². The fourth-order valence-corrected chi connectivity index (χ4v) is 2.62. The van der Waals surface area contributed by atoms with Crippen molar-refractivity contribution in [3.05, 3.63) is 35.9 Å². The molecule has 0 aromatic heterocycles. The Morgan fingerprint density at radius 2 is 1.90 bits per heavy atom. The van der Waals surface area contributed by atoms with E-state index in [-0.39, 0.29) is 12.0 Å². The molecule has 0 bridgehead atoms. The summed E-state index contributed by atoms with van der Waals surface area (Å²) in [7, 11) is 1.68. The van der Waals surface area contributed by atoms with Gasteiger partial charge in [-0.15, -0.1) is 0 Å². The van der Waals surface area contributed by atoms with Crippen LogP contribution in [0.25, 0.3) is 0 Å². The second-order valence-corrected chi connectivity index (χ2v) is 5.43. The number of likely N-dealkylation sites (tertiary alicyclic amines) is 1. The van der Waals surface area contributed by atoms with Crippen molar-refractivity contribution in [2.24, 2.45) is 0 Å². The van der Waals surface area contributed by atoms with E-state index in [1.165, 1.54) is 5.56 Å². The molecule has 0 atom stereocenters. The van der Waals surface area contributed by atoms with Gasteiger partial charge in [-0.1, -0.05) is 30.3 Å². The van der Waals surface area contributed by atoms with Crippen molar-refractivity contribution >= 4 is 5.91 Å². The molecule has 1 saturated heterocycles. The van der Waals surface area contributed by atoms with E-state index in [1.807, 2.05) is 23.1 Å². The molecule has 116 valence electrons. The van der Waals surface area contributed by atoms with Gasteiger partial charge in [0, 0.05) is 26.6 Å². The lowest BCUT2D eigenvalue weighted by Crippen LogP contribution is -2.41. The largest absolute Gasteiger partial charge is 0.382 e. The third kappa shape index (κ3) is 5.48. The molecule has 2 rings (SSSR count). The number of rotatable bonds is 7. The first kappa shape index (κ1) is 16.0. The van der Waals surface area contributed by atoms with Gasteiger partial charge >= 0.3 is 0 Å². The molecule has 1 heterocycles. The molecule has 21 heavy (non-hydrogen) atoms. The number of carbonyl (C=O) groups is 1. The number of ether oxygens (including phenoxy) is 2. The molecule has 1 aromatic carbocycles. The molecule has 4 nitrogen and oxygen atoms in total. The fraction of sp³-hybridized carbons (Fsp3) is 0.588. The summed E-state index contributed by atoms with van der Waals surface area (Å²) in [5.74, 6) is 0.259. The van der Waals surface area contributed by atoms with E-state index >= 15 is 0 Å². The maximum Gasteiger partial charge on any atom is 0.222 e. The maximum absolute atomic E-state index is 12.2. The third-order valence-electron chi connectivity index (χ3n) is 3.91. The van der Waals surface area contributed by atoms with Gasteiger partial charge < -0.3 is 14.4 Å². The van der Waals surface area contributed by atoms with Crippen LogP contribution in [0.4, 0.5) is 0 Å². The first-order chi connectivity index (χ1) is 10.3. The zero-order valence-corrected chi connectivity index (χ0v) is 12.8. The zero-order valence-electron chi connectivity index (χ0n) is 12.8. The topological polar surface area (TPSA) is 38.8 Å². The van der Waals surface area contributed by atoms with Crippen LogP contribution in [0.1, 0.15) is 24.8 Å². The summed E-state index contributed by atoms with van der Waals surface area (Å²) in [6, 6.07) is 10.2. The molecule has 0 saturated carbocycles. The molecule has 1 aromatic rings. The Kier molecular flexibility index (Phi) is 6.70. The number of nitrogens with zero attached hydrogens (tertiary/aromatic N) is 1. The Morgan fingerprint density at radius 3 is 2.57 bits per heavy atom. The van der Waals surface area contributed by atoms with E-state index in [4.69, 9.17) is 9.47 Å². The molecule has 0 aliphatic carbocycles. The zero-order chi connectivity index (χ0) is 14.9. The Bertz CT molecular complexity index is 413. The molecule has 0 N–H and O–H groups in total. The highest BCUT2D eigenvalue weighted by Crippen LogP contribution is 2.15. The van der Waals surface area contributed by atoms with Gasteiger partial charge in [0.05, 0.1) is 19.3 Å². The van der Waals surface area contributed by atoms with E-state index in [9.17, 15) is 4.79 Å². The van der Waals surface area contributed by atoms with E-state index in [0.717, 1.165) is 32.4 Å². The number of hydrogen-bond donors (Lipinski definition) is 0. The number of aryl methyl sites for hydroxylation is 1. The third-order valence-corrected chi connectivity index (χ3v) is 3.91. The second kappa shape index (κ2) is 8.80. The molecule has 4 heteroatoms. The van der Waals surface area contributed by atoms with Crippen molar-refractivity contribution in [2.45, 2.75) is 31.8 Å². The molecule has 1 aliphatic rings. The summed E-state index contributed by atoms with van der Waals surface area (Å²) in [5, 5.41) is 0. The van der Waals surface area contributed by atoms with Crippen LogP contribution in [0.5, 0.6) is 0 Å². The van der Waals surface area contributed by atoms with Crippen molar-refractivity contribution in [1.29, 1.82) is 0 Å². The standard InChI is InChI=1S/C17H25NO3/c1-20-13-14-21-16-9-11-18(12-10-16)17(19)8-7-15-5-3-2-4-6-15/h2-6,16H,7-14H2,1H3. The lowest BCUT2D eigenvalue weighted by Gasteiger charge is -2.32. The summed E-state index contributed by atoms with van der Waals surface area (Å²) < 4.78 is 10.7. The number of benzene rings is 1. The minimum atomic E-state index is 0.259. The van der Waals surface area contributed by atoms with Crippen LogP contribution in [0.2, 0.25) is 0 Å². The number of carbonyl (C=O) groups excluding carboxylic acids is 1. The highest BCUT2D eigenvalue weighted by atomic mass is 16.5. The molecule has 0 spiro atoms. The highest BCUT2D eigenvalue weighted by molar-refractivity contribution is 5.76. The molecular weight excluding hydrogens is 266 g/mol. The van der Waals surface area contributed by atoms with Crippen LogP contribution >= 0.6 is 0 Å². The number of methoxy groups -OCH3 is 1. The van der Waals surface area contributed by atoms with Crippen molar-refractivity contribution in [3.63, 3.8) is 0 Å². The van der Waals surface area contributed by atoms with Crippen molar-refractivity contribution in [2.75, 3.05) is 33.4 Å². The van der Waals surface area contributed by atoms with Crippen molar-refractivity contribution in [3.8, 4) is 0 Å². The van der Waals surface area contributed by atoms with Gasteiger partial charge in [0.15, 0.2) is 0 Å². The minimum Gasteiger partial charge on any atom is -0.382 e. The van der Waals surface area contributed by atoms with Crippen molar-refractivity contribution in [1.82, 2.24) is 4.90 Å². The van der Waals surface area contributed by atoms with Gasteiger partial charge in [-0.05, 0) is 24.8 Å². The van der Waals surface area contributed by atoms with E-state index < -0.39 is 0 Å². The molecule has 1 fully saturated rings. The van der Waals surface area contributed by atoms with Gasteiger partial charge in [0.25, 0.3) is 0 Å². The first-order valence-corrected chi connectivity index (χ1v) is 7.72. The number of hydrogen-bond acceptors (Lipinski definition) is 3. The Labute approximate surface area is 127 Å². The number of piperidine rings is 1. The minimum absolute atomic E-state index is 0.259. The predicted molar refractivity (Wildman–Crippen MR) is 82.2 cm³/mol. The molecule has 1 aliphatic heterocycles. The predicted octanol–water partition coefficient (Wildman–Crippen LogP) is 2.27. The summed E-state index contributed by atoms with van der Waals surface area (Å²) in [5.41, 5.74) is 1.23. The SMILES string of the molecule is COCCOC1CCN(C(=O)CCc2ccccc2)CC1. The molecule has 0 radical (unpaired) electrons. The summed E-state index contributed by atoms with van der Waals surface area (Å²) in [6.45, 7) is 2.90. The summed E-state index contributed by atoms with van der Waals surface area (Å²) in [4.78, 5) is 14.2. The van der Waals surface area contributed by atoms with Crippen LogP contribution in [0.3, 0.4) is 0 Å². The Balaban J connectivity index is 1.66. The smallest absolute Gasteiger partial charge is 0.222 e. The second-order valence-electron chi connectivity index (χ2n) is 5.43. The highest BCUT2D eigenvalue weighted by Gasteiger charge is 2.22. The molecular formula is C17H25NO3. The van der Waals surface area contributed by atoms with Gasteiger partial charge in [-0.3, -0.25) is 4.79 Å². The van der Waals surface area contributed by atoms with Crippen LogP contribution in [0.15, 0.2) is 30.3 Å². The molecule has 0 unspecified atom stereocenters. The first-order valence-electron chi connectivity index (χ1n) is 7.72. The van der Waals surface area contributed by atoms with Crippen LogP contribution < -0.4 is 0 Å². The lowest BCUT2D eigenvalue weighted by molar-refractivity contribution is -0.134. The van der Waals surface area contributed by atoms with Crippen LogP contribution in [-0.4, -0.2) is 50.3 Å². The maximum atomic E-state index is 12.2. The van der Waals surface area contributed by atoms with E-state index in [0.29, 0.717) is 19.6 Å². The van der Waals surface area contributed by atoms with Gasteiger partial charge in [0.1, 0.15) is 0 Å². The lowest BCUT2D eigenvalue weighted by atomic mass is 10.1. The summed E-state index contributed by atoms with van der Waals surface area (Å²) in [6.07, 6.45) is 3.56. The van der Waals surface area contributed by atoms with Gasteiger partial charge in [-0.2, -0.15) is 0 Å². The Hall–Kier alpha value is -1.39. The Morgan fingerprint density at radius 1 is 1.19 bits per heavy atom. The van der Waals surface area contributed by atoms with Crippen LogP contribution in [-0.2, 0) is 20.7 Å². The quantitative estimate of drug-likeness (QED) is 0.723. The average Bonchev–Trinajstić information content (AvgIpc) is 2.54. The monoisotopic (exact) mass is 291 g/mol. The van der Waals surface area contributed by atoms with E-state index in [1.54, 1.807) is 7.11 Å².